The van der Waals surface area contributed by atoms with Crippen molar-refractivity contribution in [3.05, 3.63) is 24.3 Å². The van der Waals surface area contributed by atoms with E-state index in [1.54, 1.807) is 0 Å². The molecule has 0 saturated heterocycles. The molecule has 0 bridgehead atoms. The van der Waals surface area contributed by atoms with Crippen LogP contribution in [0.4, 0.5) is 0 Å². The van der Waals surface area contributed by atoms with Crippen molar-refractivity contribution in [3.63, 3.8) is 0 Å². The molecule has 0 radical (unpaired) electrons. The summed E-state index contributed by atoms with van der Waals surface area (Å²) in [6, 6.07) is 0. The van der Waals surface area contributed by atoms with Gasteiger partial charge < -0.3 is 9.47 Å². The predicted octanol–water partition coefficient (Wildman–Crippen LogP) is 5.57. The first-order chi connectivity index (χ1) is 15.7. The fraction of sp³-hybridized carbons (Fsp3) is 0.759. The second-order valence-electron chi connectivity index (χ2n) is 13.2. The first kappa shape index (κ1) is 23.8. The number of hydrogen-bond donors (Lipinski definition) is 0. The van der Waals surface area contributed by atoms with E-state index in [0.29, 0.717) is 18.3 Å². The molecule has 0 spiro atoms. The lowest BCUT2D eigenvalue weighted by Gasteiger charge is -2.68. The molecule has 34 heavy (non-hydrogen) atoms. The summed E-state index contributed by atoms with van der Waals surface area (Å²) in [6.07, 6.45) is 13.0. The van der Waals surface area contributed by atoms with E-state index < -0.39 is 11.2 Å². The lowest BCUT2D eigenvalue weighted by Crippen LogP contribution is -2.66. The van der Waals surface area contributed by atoms with Crippen LogP contribution in [0.5, 0.6) is 0 Å². The van der Waals surface area contributed by atoms with Gasteiger partial charge in [-0.3, -0.25) is 9.59 Å². The van der Waals surface area contributed by atoms with Gasteiger partial charge >= 0.3 is 11.9 Å². The number of ketones is 1. The van der Waals surface area contributed by atoms with E-state index in [4.69, 9.17) is 9.47 Å². The highest BCUT2D eigenvalue weighted by atomic mass is 16.6. The number of hydrogen-bond acceptors (Lipinski definition) is 5. The fourth-order valence-electron chi connectivity index (χ4n) is 9.87. The third kappa shape index (κ3) is 2.65. The van der Waals surface area contributed by atoms with Crippen molar-refractivity contribution in [2.75, 3.05) is 0 Å². The summed E-state index contributed by atoms with van der Waals surface area (Å²) in [7, 11) is 0. The maximum atomic E-state index is 12.8. The van der Waals surface area contributed by atoms with Gasteiger partial charge in [0, 0.05) is 24.3 Å². The Morgan fingerprint density at radius 1 is 0.853 bits per heavy atom. The van der Waals surface area contributed by atoms with Crippen molar-refractivity contribution in [3.8, 4) is 0 Å². The predicted molar refractivity (Wildman–Crippen MR) is 129 cm³/mol. The quantitative estimate of drug-likeness (QED) is 0.495. The van der Waals surface area contributed by atoms with E-state index in [-0.39, 0.29) is 45.3 Å². The van der Waals surface area contributed by atoms with Crippen LogP contribution in [0.3, 0.4) is 0 Å². The maximum absolute atomic E-state index is 12.8. The summed E-state index contributed by atoms with van der Waals surface area (Å²) in [5.74, 6) is 0.414. The minimum absolute atomic E-state index is 0.0204. The van der Waals surface area contributed by atoms with Crippen molar-refractivity contribution in [2.24, 2.45) is 39.4 Å². The molecule has 5 nitrogen and oxygen atoms in total. The van der Waals surface area contributed by atoms with Gasteiger partial charge in [0.1, 0.15) is 0 Å². The number of fused-ring (bicyclic) bond motifs is 5. The van der Waals surface area contributed by atoms with Gasteiger partial charge in [0.15, 0.2) is 17.0 Å². The van der Waals surface area contributed by atoms with Crippen LogP contribution in [0, 0.1) is 39.4 Å². The number of carbonyl (C=O) groups is 3. The van der Waals surface area contributed by atoms with Crippen molar-refractivity contribution in [2.45, 2.75) is 98.2 Å². The summed E-state index contributed by atoms with van der Waals surface area (Å²) < 4.78 is 12.1. The Bertz CT molecular complexity index is 1020. The smallest absolute Gasteiger partial charge is 0.331 e. The minimum Gasteiger partial charge on any atom is -0.454 e. The molecule has 4 aliphatic carbocycles. The summed E-state index contributed by atoms with van der Waals surface area (Å²) >= 11 is 0. The van der Waals surface area contributed by atoms with Gasteiger partial charge in [-0.25, -0.2) is 4.79 Å². The lowest BCUT2D eigenvalue weighted by atomic mass is 9.36. The highest BCUT2D eigenvalue weighted by Gasteiger charge is 2.75. The zero-order valence-corrected chi connectivity index (χ0v) is 21.8. The Hall–Kier alpha value is -1.91. The van der Waals surface area contributed by atoms with Crippen LogP contribution in [-0.4, -0.2) is 28.9 Å². The molecule has 8 atom stereocenters. The first-order valence-electron chi connectivity index (χ1n) is 13.0. The van der Waals surface area contributed by atoms with E-state index in [1.807, 2.05) is 19.1 Å². The molecule has 5 aliphatic rings. The van der Waals surface area contributed by atoms with Gasteiger partial charge in [0.25, 0.3) is 0 Å². The van der Waals surface area contributed by atoms with Gasteiger partial charge in [0.05, 0.1) is 0 Å². The molecule has 3 saturated carbocycles. The summed E-state index contributed by atoms with van der Waals surface area (Å²) in [4.78, 5) is 37.4. The van der Waals surface area contributed by atoms with E-state index in [9.17, 15) is 14.4 Å². The molecule has 5 heteroatoms. The molecular weight excluding hydrogens is 428 g/mol. The van der Waals surface area contributed by atoms with Gasteiger partial charge in [-0.1, -0.05) is 40.7 Å². The van der Waals surface area contributed by atoms with E-state index in [1.165, 1.54) is 13.0 Å². The lowest BCUT2D eigenvalue weighted by molar-refractivity contribution is -0.231. The number of ether oxygens (including phenoxy) is 2. The topological polar surface area (TPSA) is 69.7 Å². The number of allylic oxidation sites excluding steroid dienone is 2. The number of carbonyl (C=O) groups excluding carboxylic acids is 3. The summed E-state index contributed by atoms with van der Waals surface area (Å²) in [6.45, 7) is 14.9. The van der Waals surface area contributed by atoms with Crippen molar-refractivity contribution in [1.82, 2.24) is 0 Å². The number of rotatable bonds is 2. The third-order valence-corrected chi connectivity index (χ3v) is 11.7. The standard InChI is InChI=1S/C29H40O5/c1-18(30)33-29(28(7)15-12-23(32)34-28)17-16-27(6)21(29)9-8-20-25(4)13-11-22(31)24(2,3)19(25)10-14-26(20,27)5/h11-13,15,19-21H,8-10,14,16-17H2,1-7H3/t19-,20+,21-,25-,26+,27+,28-,29+/m0/s1. The molecule has 0 aromatic carbocycles. The molecule has 0 N–H and O–H groups in total. The van der Waals surface area contributed by atoms with E-state index in [2.05, 4.69) is 40.7 Å². The fourth-order valence-corrected chi connectivity index (χ4v) is 9.87. The van der Waals surface area contributed by atoms with Crippen LogP contribution in [-0.2, 0) is 23.9 Å². The molecule has 0 unspecified atom stereocenters. The van der Waals surface area contributed by atoms with E-state index >= 15 is 0 Å². The van der Waals surface area contributed by atoms with Crippen LogP contribution in [0.1, 0.15) is 87.0 Å². The minimum atomic E-state index is -0.957. The molecule has 1 heterocycles. The molecular formula is C29H40O5. The molecule has 0 aromatic heterocycles. The highest BCUT2D eigenvalue weighted by Crippen LogP contribution is 2.76. The van der Waals surface area contributed by atoms with Crippen LogP contribution >= 0.6 is 0 Å². The largest absolute Gasteiger partial charge is 0.454 e. The second-order valence-corrected chi connectivity index (χ2v) is 13.2. The summed E-state index contributed by atoms with van der Waals surface area (Å²) in [5, 5.41) is 0. The molecule has 0 aromatic rings. The zero-order chi connectivity index (χ0) is 24.9. The number of esters is 2. The van der Waals surface area contributed by atoms with Gasteiger partial charge in [-0.2, -0.15) is 0 Å². The normalized spacial score (nSPS) is 50.9. The Labute approximate surface area is 203 Å². The van der Waals surface area contributed by atoms with Crippen molar-refractivity contribution in [1.29, 1.82) is 0 Å². The Kier molecular flexibility index (Phi) is 4.80. The Morgan fingerprint density at radius 3 is 2.12 bits per heavy atom. The summed E-state index contributed by atoms with van der Waals surface area (Å²) in [5.41, 5.74) is -2.27. The average molecular weight is 469 g/mol. The molecule has 186 valence electrons. The molecule has 5 rings (SSSR count). The monoisotopic (exact) mass is 468 g/mol. The number of cyclic esters (lactones) is 1. The molecule has 1 aliphatic heterocycles. The zero-order valence-electron chi connectivity index (χ0n) is 21.8. The van der Waals surface area contributed by atoms with Crippen LogP contribution < -0.4 is 0 Å². The molecule has 3 fully saturated rings. The Morgan fingerprint density at radius 2 is 1.50 bits per heavy atom. The van der Waals surface area contributed by atoms with Gasteiger partial charge in [-0.15, -0.1) is 0 Å². The second kappa shape index (κ2) is 6.85. The van der Waals surface area contributed by atoms with E-state index in [0.717, 1.165) is 32.1 Å². The van der Waals surface area contributed by atoms with Gasteiger partial charge in [0.2, 0.25) is 0 Å². The average Bonchev–Trinajstić information content (AvgIpc) is 3.24. The van der Waals surface area contributed by atoms with Crippen LogP contribution in [0.25, 0.3) is 0 Å². The third-order valence-electron chi connectivity index (χ3n) is 11.7. The van der Waals surface area contributed by atoms with Crippen molar-refractivity contribution >= 4 is 17.7 Å². The van der Waals surface area contributed by atoms with Crippen LogP contribution in [0.2, 0.25) is 0 Å². The Balaban J connectivity index is 1.60. The first-order valence-corrected chi connectivity index (χ1v) is 13.0. The molecule has 0 amide bonds. The van der Waals surface area contributed by atoms with Crippen molar-refractivity contribution < 1.29 is 23.9 Å². The van der Waals surface area contributed by atoms with Crippen LogP contribution in [0.15, 0.2) is 24.3 Å². The SMILES string of the molecule is CC(=O)O[C@]1([C@]2(C)C=CC(=O)O2)CC[C@]2(C)[C@@H]1CC[C@@H]1[C@@]3(C)C=CC(=O)C(C)(C)[C@@H]3CC[C@]12C. The highest BCUT2D eigenvalue weighted by molar-refractivity contribution is 5.95. The maximum Gasteiger partial charge on any atom is 0.331 e. The van der Waals surface area contributed by atoms with Gasteiger partial charge in [-0.05, 0) is 85.7 Å².